The number of hydrogen-bond acceptors (Lipinski definition) is 3. The maximum atomic E-state index is 12.1. The SMILES string of the molecule is CN(Cc1cnn(C)c1)C(=O)NCc1ccc(COCC(F)(F)F)cc1. The Morgan fingerprint density at radius 1 is 1.23 bits per heavy atom. The Balaban J connectivity index is 1.75. The van der Waals surface area contributed by atoms with E-state index in [-0.39, 0.29) is 12.6 Å². The van der Waals surface area contributed by atoms with Crippen LogP contribution in [0.25, 0.3) is 0 Å². The fourth-order valence-corrected chi connectivity index (χ4v) is 2.25. The maximum absolute atomic E-state index is 12.1. The van der Waals surface area contributed by atoms with Crippen molar-refractivity contribution in [3.63, 3.8) is 0 Å². The minimum Gasteiger partial charge on any atom is -0.367 e. The number of amides is 2. The molecule has 0 saturated heterocycles. The molecule has 26 heavy (non-hydrogen) atoms. The van der Waals surface area contributed by atoms with Crippen LogP contribution in [0.2, 0.25) is 0 Å². The first kappa shape index (κ1) is 19.8. The summed E-state index contributed by atoms with van der Waals surface area (Å²) in [4.78, 5) is 13.6. The van der Waals surface area contributed by atoms with Crippen LogP contribution >= 0.6 is 0 Å². The Bertz CT molecular complexity index is 714. The van der Waals surface area contributed by atoms with Crippen molar-refractivity contribution in [2.24, 2.45) is 7.05 Å². The molecule has 0 aliphatic carbocycles. The minimum atomic E-state index is -4.33. The van der Waals surface area contributed by atoms with Gasteiger partial charge in [0.1, 0.15) is 6.61 Å². The highest BCUT2D eigenvalue weighted by Gasteiger charge is 2.27. The molecule has 0 atom stereocenters. The van der Waals surface area contributed by atoms with Crippen LogP contribution < -0.4 is 5.32 Å². The number of carbonyl (C=O) groups excluding carboxylic acids is 1. The monoisotopic (exact) mass is 370 g/mol. The third-order valence-electron chi connectivity index (χ3n) is 3.53. The van der Waals surface area contributed by atoms with Crippen LogP contribution in [0.1, 0.15) is 16.7 Å². The largest absolute Gasteiger partial charge is 0.411 e. The van der Waals surface area contributed by atoms with Gasteiger partial charge in [0.25, 0.3) is 0 Å². The quantitative estimate of drug-likeness (QED) is 0.815. The molecule has 0 saturated carbocycles. The van der Waals surface area contributed by atoms with Gasteiger partial charge in [-0.2, -0.15) is 18.3 Å². The molecule has 0 spiro atoms. The van der Waals surface area contributed by atoms with E-state index in [0.717, 1.165) is 11.1 Å². The summed E-state index contributed by atoms with van der Waals surface area (Å²) >= 11 is 0. The summed E-state index contributed by atoms with van der Waals surface area (Å²) in [7, 11) is 3.49. The Morgan fingerprint density at radius 2 is 1.88 bits per heavy atom. The Hall–Kier alpha value is -2.55. The zero-order valence-electron chi connectivity index (χ0n) is 14.6. The lowest BCUT2D eigenvalue weighted by Gasteiger charge is -2.17. The highest BCUT2D eigenvalue weighted by Crippen LogP contribution is 2.15. The highest BCUT2D eigenvalue weighted by atomic mass is 19.4. The molecule has 2 amide bonds. The van der Waals surface area contributed by atoms with E-state index in [9.17, 15) is 18.0 Å². The van der Waals surface area contributed by atoms with Gasteiger partial charge in [-0.15, -0.1) is 0 Å². The molecular formula is C17H21F3N4O2. The molecule has 1 N–H and O–H groups in total. The van der Waals surface area contributed by atoms with Crippen molar-refractivity contribution in [2.45, 2.75) is 25.9 Å². The van der Waals surface area contributed by atoms with Crippen LogP contribution in [0.4, 0.5) is 18.0 Å². The van der Waals surface area contributed by atoms with E-state index in [4.69, 9.17) is 0 Å². The number of urea groups is 1. The van der Waals surface area contributed by atoms with Crippen molar-refractivity contribution >= 4 is 6.03 Å². The van der Waals surface area contributed by atoms with Gasteiger partial charge in [0, 0.05) is 32.4 Å². The molecule has 9 heteroatoms. The number of carbonyl (C=O) groups is 1. The van der Waals surface area contributed by atoms with Crippen molar-refractivity contribution < 1.29 is 22.7 Å². The number of nitrogens with zero attached hydrogens (tertiary/aromatic N) is 3. The predicted octanol–water partition coefficient (Wildman–Crippen LogP) is 2.84. The second kappa shape index (κ2) is 8.70. The topological polar surface area (TPSA) is 59.4 Å². The standard InChI is InChI=1S/C17H21F3N4O2/c1-23(9-15-8-22-24(2)10-15)16(25)21-7-13-3-5-14(6-4-13)11-26-12-17(18,19)20/h3-6,8,10H,7,9,11-12H2,1-2H3,(H,21,25). The van der Waals surface area contributed by atoms with E-state index in [1.54, 1.807) is 49.2 Å². The van der Waals surface area contributed by atoms with Crippen molar-refractivity contribution in [2.75, 3.05) is 13.7 Å². The van der Waals surface area contributed by atoms with E-state index >= 15 is 0 Å². The number of rotatable bonds is 7. The molecule has 0 unspecified atom stereocenters. The number of aryl methyl sites for hydroxylation is 1. The number of hydrogen-bond donors (Lipinski definition) is 1. The lowest BCUT2D eigenvalue weighted by Crippen LogP contribution is -2.36. The normalized spacial score (nSPS) is 11.4. The third-order valence-corrected chi connectivity index (χ3v) is 3.53. The van der Waals surface area contributed by atoms with Crippen molar-refractivity contribution in [1.29, 1.82) is 0 Å². The molecule has 0 fully saturated rings. The summed E-state index contributed by atoms with van der Waals surface area (Å²) in [5, 5.41) is 6.84. The van der Waals surface area contributed by atoms with Gasteiger partial charge in [-0.05, 0) is 11.1 Å². The summed E-state index contributed by atoms with van der Waals surface area (Å²) in [6, 6.07) is 6.61. The number of nitrogens with one attached hydrogen (secondary N) is 1. The van der Waals surface area contributed by atoms with E-state index in [1.165, 1.54) is 4.90 Å². The lowest BCUT2D eigenvalue weighted by molar-refractivity contribution is -0.176. The first-order valence-corrected chi connectivity index (χ1v) is 7.92. The second-order valence-corrected chi connectivity index (χ2v) is 5.96. The fraction of sp³-hybridized carbons (Fsp3) is 0.412. The van der Waals surface area contributed by atoms with Gasteiger partial charge in [-0.3, -0.25) is 4.68 Å². The van der Waals surface area contributed by atoms with Gasteiger partial charge in [-0.1, -0.05) is 24.3 Å². The van der Waals surface area contributed by atoms with Gasteiger partial charge < -0.3 is 15.0 Å². The number of halogens is 3. The molecule has 0 radical (unpaired) electrons. The Labute approximate surface area is 149 Å². The molecular weight excluding hydrogens is 349 g/mol. The first-order chi connectivity index (χ1) is 12.2. The molecule has 1 aromatic heterocycles. The summed E-state index contributed by atoms with van der Waals surface area (Å²) in [5.74, 6) is 0. The molecule has 142 valence electrons. The summed E-state index contributed by atoms with van der Waals surface area (Å²) in [5.41, 5.74) is 2.40. The molecule has 1 aromatic carbocycles. The number of alkyl halides is 3. The highest BCUT2D eigenvalue weighted by molar-refractivity contribution is 5.73. The third kappa shape index (κ3) is 6.75. The Kier molecular flexibility index (Phi) is 6.62. The number of benzene rings is 1. The average Bonchev–Trinajstić information content (AvgIpc) is 2.97. The van der Waals surface area contributed by atoms with E-state index in [0.29, 0.717) is 18.7 Å². The molecule has 2 rings (SSSR count). The minimum absolute atomic E-state index is 0.111. The van der Waals surface area contributed by atoms with Crippen molar-refractivity contribution in [3.05, 3.63) is 53.3 Å². The van der Waals surface area contributed by atoms with Crippen molar-refractivity contribution in [3.8, 4) is 0 Å². The average molecular weight is 370 g/mol. The van der Waals surface area contributed by atoms with Crippen LogP contribution in [-0.2, 0) is 31.5 Å². The van der Waals surface area contributed by atoms with Gasteiger partial charge in [0.15, 0.2) is 0 Å². The number of aromatic nitrogens is 2. The summed E-state index contributed by atoms with van der Waals surface area (Å²) < 4.78 is 42.4. The fourth-order valence-electron chi connectivity index (χ4n) is 2.25. The van der Waals surface area contributed by atoms with Crippen LogP contribution in [0.5, 0.6) is 0 Å². The smallest absolute Gasteiger partial charge is 0.367 e. The molecule has 0 bridgehead atoms. The second-order valence-electron chi connectivity index (χ2n) is 5.96. The Morgan fingerprint density at radius 3 is 2.46 bits per heavy atom. The van der Waals surface area contributed by atoms with Crippen LogP contribution in [0.3, 0.4) is 0 Å². The molecule has 1 heterocycles. The number of ether oxygens (including phenoxy) is 1. The van der Waals surface area contributed by atoms with Gasteiger partial charge >= 0.3 is 12.2 Å². The molecule has 0 aliphatic heterocycles. The zero-order chi connectivity index (χ0) is 19.2. The summed E-state index contributed by atoms with van der Waals surface area (Å²) in [6.45, 7) is -0.622. The summed E-state index contributed by atoms with van der Waals surface area (Å²) in [6.07, 6.45) is -0.793. The maximum Gasteiger partial charge on any atom is 0.411 e. The molecule has 0 aliphatic rings. The van der Waals surface area contributed by atoms with Crippen LogP contribution in [0, 0.1) is 0 Å². The van der Waals surface area contributed by atoms with E-state index in [2.05, 4.69) is 15.2 Å². The first-order valence-electron chi connectivity index (χ1n) is 7.92. The van der Waals surface area contributed by atoms with Crippen LogP contribution in [-0.4, -0.2) is 40.5 Å². The van der Waals surface area contributed by atoms with Crippen LogP contribution in [0.15, 0.2) is 36.7 Å². The van der Waals surface area contributed by atoms with Crippen molar-refractivity contribution in [1.82, 2.24) is 20.0 Å². The van der Waals surface area contributed by atoms with E-state index < -0.39 is 12.8 Å². The predicted molar refractivity (Wildman–Crippen MR) is 89.1 cm³/mol. The molecule has 2 aromatic rings. The van der Waals surface area contributed by atoms with E-state index in [1.807, 2.05) is 6.20 Å². The molecule has 6 nitrogen and oxygen atoms in total. The lowest BCUT2D eigenvalue weighted by atomic mass is 10.1. The van der Waals surface area contributed by atoms with Gasteiger partial charge in [-0.25, -0.2) is 4.79 Å². The zero-order valence-corrected chi connectivity index (χ0v) is 14.6. The van der Waals surface area contributed by atoms with Gasteiger partial charge in [0.05, 0.1) is 19.3 Å². The van der Waals surface area contributed by atoms with Gasteiger partial charge in [0.2, 0.25) is 0 Å².